The Morgan fingerprint density at radius 2 is 1.73 bits per heavy atom. The van der Waals surface area contributed by atoms with E-state index in [4.69, 9.17) is 18.3 Å². The van der Waals surface area contributed by atoms with Crippen LogP contribution in [0.15, 0.2) is 69.5 Å². The van der Waals surface area contributed by atoms with Crippen molar-refractivity contribution in [2.45, 2.75) is 13.5 Å². The summed E-state index contributed by atoms with van der Waals surface area (Å²) < 4.78 is 37.5. The van der Waals surface area contributed by atoms with Gasteiger partial charge in [-0.05, 0) is 49.4 Å². The zero-order valence-corrected chi connectivity index (χ0v) is 22.1. The van der Waals surface area contributed by atoms with Gasteiger partial charge in [-0.15, -0.1) is 10.2 Å². The summed E-state index contributed by atoms with van der Waals surface area (Å²) in [6, 6.07) is 17.3. The number of anilines is 1. The summed E-state index contributed by atoms with van der Waals surface area (Å²) in [7, 11) is 1.55. The third kappa shape index (κ3) is 5.01. The van der Waals surface area contributed by atoms with E-state index in [0.29, 0.717) is 71.7 Å². The van der Waals surface area contributed by atoms with Gasteiger partial charge in [-0.3, -0.25) is 4.79 Å². The molecule has 1 aliphatic heterocycles. The quantitative estimate of drug-likeness (QED) is 0.293. The molecule has 0 radical (unpaired) electrons. The number of carbonyl (C=O) groups is 1. The average molecular weight is 543 g/mol. The fourth-order valence-electron chi connectivity index (χ4n) is 4.70. The first-order chi connectivity index (χ1) is 19.5. The highest BCUT2D eigenvalue weighted by molar-refractivity contribution is 6.12. The maximum Gasteiger partial charge on any atom is 0.255 e. The van der Waals surface area contributed by atoms with Gasteiger partial charge in [0.25, 0.3) is 11.8 Å². The van der Waals surface area contributed by atoms with Crippen molar-refractivity contribution in [3.63, 3.8) is 0 Å². The maximum absolute atomic E-state index is 13.6. The lowest BCUT2D eigenvalue weighted by Gasteiger charge is -2.30. The molecule has 3 aromatic carbocycles. The van der Waals surface area contributed by atoms with Crippen LogP contribution in [-0.4, -0.2) is 49.5 Å². The SMILES string of the molecule is CNC(=O)c1c(-c2ccc(F)cc2)oc2cc(N3CCOCC3)c(OCc3nnc(-c4ccc(C)cc4)o3)cc12. The fraction of sp³-hybridized carbons (Fsp3) is 0.233. The number of morpholine rings is 1. The van der Waals surface area contributed by atoms with Crippen molar-refractivity contribution in [2.75, 3.05) is 38.3 Å². The number of carbonyl (C=O) groups excluding carboxylic acids is 1. The molecule has 0 aliphatic carbocycles. The molecule has 0 bridgehead atoms. The van der Waals surface area contributed by atoms with Crippen LogP contribution in [-0.2, 0) is 11.3 Å². The van der Waals surface area contributed by atoms with Gasteiger partial charge in [0.2, 0.25) is 5.89 Å². The van der Waals surface area contributed by atoms with Crippen LogP contribution in [0.4, 0.5) is 10.1 Å². The molecule has 0 atom stereocenters. The van der Waals surface area contributed by atoms with Gasteiger partial charge in [0.15, 0.2) is 6.61 Å². The summed E-state index contributed by atoms with van der Waals surface area (Å²) >= 11 is 0. The first-order valence-electron chi connectivity index (χ1n) is 12.9. The summed E-state index contributed by atoms with van der Waals surface area (Å²) in [5.74, 6) is 0.888. The number of rotatable bonds is 7. The van der Waals surface area contributed by atoms with E-state index < -0.39 is 0 Å². The van der Waals surface area contributed by atoms with Crippen LogP contribution in [0.2, 0.25) is 0 Å². The van der Waals surface area contributed by atoms with Crippen molar-refractivity contribution in [1.29, 1.82) is 0 Å². The lowest BCUT2D eigenvalue weighted by atomic mass is 10.0. The Balaban J connectivity index is 1.39. The minimum absolute atomic E-state index is 0.0275. The van der Waals surface area contributed by atoms with Crippen molar-refractivity contribution in [1.82, 2.24) is 15.5 Å². The van der Waals surface area contributed by atoms with E-state index in [9.17, 15) is 9.18 Å². The lowest BCUT2D eigenvalue weighted by molar-refractivity contribution is 0.0964. The fourth-order valence-corrected chi connectivity index (χ4v) is 4.70. The third-order valence-electron chi connectivity index (χ3n) is 6.80. The molecule has 40 heavy (non-hydrogen) atoms. The van der Waals surface area contributed by atoms with E-state index in [0.717, 1.165) is 16.8 Å². The molecule has 5 aromatic rings. The molecule has 1 fully saturated rings. The van der Waals surface area contributed by atoms with Gasteiger partial charge >= 0.3 is 0 Å². The Bertz CT molecular complexity index is 1650. The number of nitrogens with zero attached hydrogens (tertiary/aromatic N) is 3. The zero-order valence-electron chi connectivity index (χ0n) is 22.1. The van der Waals surface area contributed by atoms with Crippen molar-refractivity contribution in [2.24, 2.45) is 0 Å². The van der Waals surface area contributed by atoms with Gasteiger partial charge in [0.1, 0.15) is 22.9 Å². The molecule has 3 heterocycles. The van der Waals surface area contributed by atoms with E-state index >= 15 is 0 Å². The maximum atomic E-state index is 13.6. The van der Waals surface area contributed by atoms with E-state index in [1.807, 2.05) is 37.3 Å². The number of ether oxygens (including phenoxy) is 2. The molecule has 0 unspecified atom stereocenters. The number of furan rings is 1. The van der Waals surface area contributed by atoms with Crippen molar-refractivity contribution in [3.05, 3.63) is 83.5 Å². The predicted octanol–water partition coefficient (Wildman–Crippen LogP) is 5.37. The number of amides is 1. The van der Waals surface area contributed by atoms with Crippen LogP contribution in [0.25, 0.3) is 33.7 Å². The van der Waals surface area contributed by atoms with Crippen LogP contribution in [0.1, 0.15) is 21.8 Å². The molecule has 10 heteroatoms. The summed E-state index contributed by atoms with van der Waals surface area (Å²) in [5, 5.41) is 11.6. The molecular formula is C30H27FN4O5. The highest BCUT2D eigenvalue weighted by atomic mass is 19.1. The van der Waals surface area contributed by atoms with Gasteiger partial charge in [-0.25, -0.2) is 4.39 Å². The van der Waals surface area contributed by atoms with Crippen LogP contribution >= 0.6 is 0 Å². The molecule has 1 aliphatic rings. The second-order valence-corrected chi connectivity index (χ2v) is 9.46. The Morgan fingerprint density at radius 1 is 1.00 bits per heavy atom. The summed E-state index contributed by atoms with van der Waals surface area (Å²) in [6.45, 7) is 4.51. The molecule has 1 amide bonds. The number of fused-ring (bicyclic) bond motifs is 1. The number of nitrogens with one attached hydrogen (secondary N) is 1. The van der Waals surface area contributed by atoms with Gasteiger partial charge in [0.05, 0.1) is 24.5 Å². The molecule has 6 rings (SSSR count). The summed E-state index contributed by atoms with van der Waals surface area (Å²) in [5.41, 5.74) is 4.17. The Morgan fingerprint density at radius 3 is 2.45 bits per heavy atom. The first kappa shape index (κ1) is 25.6. The summed E-state index contributed by atoms with van der Waals surface area (Å²) in [4.78, 5) is 15.2. The van der Waals surface area contributed by atoms with Crippen molar-refractivity contribution in [3.8, 4) is 28.5 Å². The largest absolute Gasteiger partial charge is 0.482 e. The Hall–Kier alpha value is -4.70. The minimum atomic E-state index is -0.377. The smallest absolute Gasteiger partial charge is 0.255 e. The molecule has 9 nitrogen and oxygen atoms in total. The second kappa shape index (κ2) is 10.8. The number of hydrogen-bond acceptors (Lipinski definition) is 8. The topological polar surface area (TPSA) is 103 Å². The average Bonchev–Trinajstić information content (AvgIpc) is 3.61. The van der Waals surface area contributed by atoms with E-state index in [1.165, 1.54) is 12.1 Å². The lowest BCUT2D eigenvalue weighted by Crippen LogP contribution is -2.36. The van der Waals surface area contributed by atoms with E-state index in [1.54, 1.807) is 25.2 Å². The van der Waals surface area contributed by atoms with Gasteiger partial charge < -0.3 is 28.5 Å². The van der Waals surface area contributed by atoms with E-state index in [2.05, 4.69) is 20.4 Å². The molecule has 204 valence electrons. The van der Waals surface area contributed by atoms with Gasteiger partial charge in [-0.2, -0.15) is 0 Å². The highest BCUT2D eigenvalue weighted by Crippen LogP contribution is 2.41. The molecular weight excluding hydrogens is 515 g/mol. The van der Waals surface area contributed by atoms with Crippen molar-refractivity contribution >= 4 is 22.6 Å². The molecule has 1 N–H and O–H groups in total. The van der Waals surface area contributed by atoms with Crippen LogP contribution in [0.5, 0.6) is 5.75 Å². The van der Waals surface area contributed by atoms with Crippen LogP contribution in [0, 0.1) is 12.7 Å². The number of halogens is 1. The second-order valence-electron chi connectivity index (χ2n) is 9.46. The molecule has 0 spiro atoms. The predicted molar refractivity (Wildman–Crippen MR) is 147 cm³/mol. The van der Waals surface area contributed by atoms with E-state index in [-0.39, 0.29) is 18.3 Å². The zero-order chi connectivity index (χ0) is 27.6. The highest BCUT2D eigenvalue weighted by Gasteiger charge is 2.26. The minimum Gasteiger partial charge on any atom is -0.482 e. The van der Waals surface area contributed by atoms with Gasteiger partial charge in [0, 0.05) is 42.7 Å². The first-order valence-corrected chi connectivity index (χ1v) is 12.9. The monoisotopic (exact) mass is 542 g/mol. The normalized spacial score (nSPS) is 13.5. The van der Waals surface area contributed by atoms with Gasteiger partial charge in [-0.1, -0.05) is 17.7 Å². The Kier molecular flexibility index (Phi) is 6.91. The number of hydrogen-bond donors (Lipinski definition) is 1. The number of benzene rings is 3. The summed E-state index contributed by atoms with van der Waals surface area (Å²) in [6.07, 6.45) is 0. The van der Waals surface area contributed by atoms with Crippen LogP contribution in [0.3, 0.4) is 0 Å². The van der Waals surface area contributed by atoms with Crippen LogP contribution < -0.4 is 15.0 Å². The van der Waals surface area contributed by atoms with Crippen molar-refractivity contribution < 1.29 is 27.5 Å². The molecule has 2 aromatic heterocycles. The molecule has 1 saturated heterocycles. The third-order valence-corrected chi connectivity index (χ3v) is 6.80. The number of aryl methyl sites for hydroxylation is 1. The number of aromatic nitrogens is 2. The molecule has 0 saturated carbocycles. The standard InChI is InChI=1S/C30H27FN4O5/c1-18-3-5-20(6-4-18)30-34-33-26(40-30)17-38-25-15-22-24(16-23(25)35-11-13-37-14-12-35)39-28(27(22)29(36)32-2)19-7-9-21(31)10-8-19/h3-10,15-16H,11-14,17H2,1-2H3,(H,32,36). The Labute approximate surface area is 229 Å².